The van der Waals surface area contributed by atoms with Crippen molar-refractivity contribution in [2.45, 2.75) is 316 Å². The number of hydrogen-bond acceptors (Lipinski definition) is 6. The third-order valence-corrected chi connectivity index (χ3v) is 13.8. The molecule has 0 aromatic rings. The van der Waals surface area contributed by atoms with Gasteiger partial charge in [0.15, 0.2) is 6.10 Å². The molecular formula is C70H120O6. The number of carbonyl (C=O) groups excluding carboxylic acids is 3. The first-order valence-corrected chi connectivity index (χ1v) is 32.2. The molecule has 6 heteroatoms. The molecule has 1 atom stereocenters. The summed E-state index contributed by atoms with van der Waals surface area (Å²) in [5, 5.41) is 0. The number of carbonyl (C=O) groups is 3. The Kier molecular flexibility index (Phi) is 60.8. The minimum atomic E-state index is -0.791. The summed E-state index contributed by atoms with van der Waals surface area (Å²) in [5.74, 6) is -0.899. The lowest BCUT2D eigenvalue weighted by Gasteiger charge is -2.18. The van der Waals surface area contributed by atoms with E-state index >= 15 is 0 Å². The van der Waals surface area contributed by atoms with Gasteiger partial charge in [-0.2, -0.15) is 0 Å². The van der Waals surface area contributed by atoms with Gasteiger partial charge in [0.1, 0.15) is 13.2 Å². The Morgan fingerprint density at radius 1 is 0.276 bits per heavy atom. The molecule has 0 heterocycles. The summed E-state index contributed by atoms with van der Waals surface area (Å²) in [6.07, 6.45) is 85.4. The molecule has 0 aromatic heterocycles. The van der Waals surface area contributed by atoms with Crippen molar-refractivity contribution in [2.75, 3.05) is 13.2 Å². The first kappa shape index (κ1) is 72.3. The molecule has 0 fully saturated rings. The second-order valence-electron chi connectivity index (χ2n) is 21.3. The average molecular weight is 1060 g/mol. The highest BCUT2D eigenvalue weighted by molar-refractivity contribution is 5.71. The topological polar surface area (TPSA) is 78.9 Å². The van der Waals surface area contributed by atoms with Crippen LogP contribution in [0, 0.1) is 0 Å². The zero-order valence-corrected chi connectivity index (χ0v) is 50.0. The highest BCUT2D eigenvalue weighted by atomic mass is 16.6. The summed E-state index contributed by atoms with van der Waals surface area (Å²) >= 11 is 0. The lowest BCUT2D eigenvalue weighted by molar-refractivity contribution is -0.167. The molecule has 0 radical (unpaired) electrons. The Morgan fingerprint density at radius 2 is 0.513 bits per heavy atom. The Balaban J connectivity index is 4.41. The lowest BCUT2D eigenvalue weighted by Crippen LogP contribution is -2.30. The van der Waals surface area contributed by atoms with Crippen LogP contribution in [0.4, 0.5) is 0 Å². The Labute approximate surface area is 470 Å². The molecule has 0 N–H and O–H groups in total. The zero-order chi connectivity index (χ0) is 55.0. The second kappa shape index (κ2) is 63.9. The number of hydrogen-bond donors (Lipinski definition) is 0. The van der Waals surface area contributed by atoms with Gasteiger partial charge in [-0.05, 0) is 122 Å². The minimum absolute atomic E-state index is 0.0860. The lowest BCUT2D eigenvalue weighted by atomic mass is 10.1. The van der Waals surface area contributed by atoms with Gasteiger partial charge in [-0.25, -0.2) is 0 Å². The van der Waals surface area contributed by atoms with Crippen LogP contribution in [0.2, 0.25) is 0 Å². The van der Waals surface area contributed by atoms with Gasteiger partial charge in [0.05, 0.1) is 0 Å². The first-order valence-electron chi connectivity index (χ1n) is 32.2. The van der Waals surface area contributed by atoms with Crippen molar-refractivity contribution in [2.24, 2.45) is 0 Å². The third kappa shape index (κ3) is 61.2. The van der Waals surface area contributed by atoms with Crippen LogP contribution in [-0.2, 0) is 28.6 Å². The van der Waals surface area contributed by atoms with Gasteiger partial charge in [0, 0.05) is 19.3 Å². The van der Waals surface area contributed by atoms with E-state index in [1.54, 1.807) is 0 Å². The van der Waals surface area contributed by atoms with Crippen LogP contribution in [0.1, 0.15) is 310 Å². The molecule has 6 nitrogen and oxygen atoms in total. The van der Waals surface area contributed by atoms with Crippen LogP contribution in [0.25, 0.3) is 0 Å². The maximum atomic E-state index is 12.9. The van der Waals surface area contributed by atoms with E-state index in [0.717, 1.165) is 109 Å². The Morgan fingerprint density at radius 3 is 0.829 bits per heavy atom. The normalized spacial score (nSPS) is 12.7. The Hall–Kier alpha value is -3.67. The zero-order valence-electron chi connectivity index (χ0n) is 50.0. The van der Waals surface area contributed by atoms with E-state index in [9.17, 15) is 14.4 Å². The number of allylic oxidation sites excluding steroid dienone is 16. The molecule has 0 rings (SSSR count). The molecule has 0 saturated heterocycles. The molecule has 0 aliphatic rings. The van der Waals surface area contributed by atoms with Crippen molar-refractivity contribution in [3.8, 4) is 0 Å². The van der Waals surface area contributed by atoms with Crippen LogP contribution in [0.5, 0.6) is 0 Å². The predicted octanol–water partition coefficient (Wildman–Crippen LogP) is 22.0. The molecule has 0 aromatic carbocycles. The van der Waals surface area contributed by atoms with E-state index < -0.39 is 6.10 Å². The number of ether oxygens (including phenoxy) is 3. The quantitative estimate of drug-likeness (QED) is 0.0261. The van der Waals surface area contributed by atoms with E-state index in [1.165, 1.54) is 161 Å². The number of rotatable bonds is 58. The molecule has 436 valence electrons. The molecular weight excluding hydrogens is 937 g/mol. The van der Waals surface area contributed by atoms with Crippen LogP contribution in [-0.4, -0.2) is 37.2 Å². The molecule has 76 heavy (non-hydrogen) atoms. The van der Waals surface area contributed by atoms with Crippen molar-refractivity contribution in [1.82, 2.24) is 0 Å². The summed E-state index contributed by atoms with van der Waals surface area (Å²) in [4.78, 5) is 38.4. The fraction of sp³-hybridized carbons (Fsp3) is 0.729. The van der Waals surface area contributed by atoms with Crippen LogP contribution >= 0.6 is 0 Å². The molecule has 0 bridgehead atoms. The summed E-state index contributed by atoms with van der Waals surface area (Å²) in [6, 6.07) is 0. The first-order chi connectivity index (χ1) is 37.5. The smallest absolute Gasteiger partial charge is 0.306 e. The maximum Gasteiger partial charge on any atom is 0.306 e. The summed E-state index contributed by atoms with van der Waals surface area (Å²) in [7, 11) is 0. The van der Waals surface area contributed by atoms with Crippen molar-refractivity contribution < 1.29 is 28.6 Å². The van der Waals surface area contributed by atoms with Gasteiger partial charge in [0.25, 0.3) is 0 Å². The predicted molar refractivity (Wildman–Crippen MR) is 330 cm³/mol. The van der Waals surface area contributed by atoms with E-state index in [4.69, 9.17) is 14.2 Å². The largest absolute Gasteiger partial charge is 0.462 e. The second-order valence-corrected chi connectivity index (χ2v) is 21.3. The van der Waals surface area contributed by atoms with Gasteiger partial charge in [-0.15, -0.1) is 0 Å². The van der Waals surface area contributed by atoms with Crippen LogP contribution in [0.3, 0.4) is 0 Å². The number of unbranched alkanes of at least 4 members (excludes halogenated alkanes) is 31. The molecule has 0 aliphatic carbocycles. The fourth-order valence-corrected chi connectivity index (χ4v) is 8.97. The highest BCUT2D eigenvalue weighted by Gasteiger charge is 2.19. The minimum Gasteiger partial charge on any atom is -0.462 e. The third-order valence-electron chi connectivity index (χ3n) is 13.8. The van der Waals surface area contributed by atoms with Crippen LogP contribution < -0.4 is 0 Å². The maximum absolute atomic E-state index is 12.9. The van der Waals surface area contributed by atoms with Crippen molar-refractivity contribution in [1.29, 1.82) is 0 Å². The van der Waals surface area contributed by atoms with Crippen molar-refractivity contribution in [3.63, 3.8) is 0 Å². The molecule has 1 unspecified atom stereocenters. The van der Waals surface area contributed by atoms with Gasteiger partial charge >= 0.3 is 17.9 Å². The molecule has 0 aliphatic heterocycles. The van der Waals surface area contributed by atoms with E-state index in [-0.39, 0.29) is 31.1 Å². The number of esters is 3. The van der Waals surface area contributed by atoms with E-state index in [2.05, 4.69) is 118 Å². The van der Waals surface area contributed by atoms with Gasteiger partial charge in [0.2, 0.25) is 0 Å². The molecule has 0 amide bonds. The SMILES string of the molecule is CC/C=C\C/C=C\C/C=C\C/C=C\C/C=C\CCCCCCCCCC(=O)OCC(COC(=O)CCCCCCCCC/C=C\CCCCCCCC)OC(=O)CCCCCCCCC/C=C\C/C=C\CCCCCC. The van der Waals surface area contributed by atoms with Gasteiger partial charge in [-0.1, -0.05) is 266 Å². The van der Waals surface area contributed by atoms with Crippen molar-refractivity contribution >= 4 is 17.9 Å². The average Bonchev–Trinajstić information content (AvgIpc) is 3.42. The van der Waals surface area contributed by atoms with E-state index in [1.807, 2.05) is 0 Å². The fourth-order valence-electron chi connectivity index (χ4n) is 8.97. The van der Waals surface area contributed by atoms with Gasteiger partial charge in [-0.3, -0.25) is 14.4 Å². The molecule has 0 spiro atoms. The molecule has 0 saturated carbocycles. The van der Waals surface area contributed by atoms with Crippen molar-refractivity contribution in [3.05, 3.63) is 97.2 Å². The summed E-state index contributed by atoms with van der Waals surface area (Å²) < 4.78 is 16.9. The van der Waals surface area contributed by atoms with E-state index in [0.29, 0.717) is 19.3 Å². The highest BCUT2D eigenvalue weighted by Crippen LogP contribution is 2.15. The van der Waals surface area contributed by atoms with Crippen LogP contribution in [0.15, 0.2) is 97.2 Å². The standard InChI is InChI=1S/C70H120O6/c1-4-7-10-13-16-19-22-25-28-31-33-34-35-36-37-40-42-45-48-51-54-57-60-63-69(72)75-66-67(65-74-68(71)62-59-56-53-50-47-44-41-38-30-27-24-21-18-15-12-9-6-3)76-70(73)64-61-58-55-52-49-46-43-39-32-29-26-23-20-17-14-11-8-5-2/h7,10,16,19-20,23,25,27-30,32-34,36-37,67H,4-6,8-9,11-15,17-18,21-22,24,26,31,35,38-66H2,1-3H3/b10-7-,19-16-,23-20-,28-25-,30-27-,32-29-,34-33-,37-36-. The van der Waals surface area contributed by atoms with Gasteiger partial charge < -0.3 is 14.2 Å². The Bertz CT molecular complexity index is 1490. The summed E-state index contributed by atoms with van der Waals surface area (Å²) in [6.45, 7) is 6.51. The summed E-state index contributed by atoms with van der Waals surface area (Å²) in [5.41, 5.74) is 0. The monoisotopic (exact) mass is 1060 g/mol.